The van der Waals surface area contributed by atoms with Crippen molar-refractivity contribution in [1.29, 1.82) is 0 Å². The molecule has 0 aliphatic heterocycles. The molecule has 156 valence electrons. The Morgan fingerprint density at radius 2 is 1.48 bits per heavy atom. The Labute approximate surface area is 182 Å². The van der Waals surface area contributed by atoms with E-state index < -0.39 is 5.25 Å². The second-order valence-electron chi connectivity index (χ2n) is 6.89. The highest BCUT2D eigenvalue weighted by Crippen LogP contribution is 2.34. The van der Waals surface area contributed by atoms with E-state index in [1.54, 1.807) is 31.2 Å². The number of rotatable bonds is 6. The van der Waals surface area contributed by atoms with Gasteiger partial charge in [0.1, 0.15) is 11.6 Å². The molecule has 4 aromatic rings. The Balaban J connectivity index is 1.62. The third-order valence-electron chi connectivity index (χ3n) is 4.63. The van der Waals surface area contributed by atoms with Crippen molar-refractivity contribution >= 4 is 23.4 Å². The molecule has 0 bridgehead atoms. The first kappa shape index (κ1) is 20.8. The average molecular weight is 435 g/mol. The van der Waals surface area contributed by atoms with Gasteiger partial charge in [0, 0.05) is 16.8 Å². The summed E-state index contributed by atoms with van der Waals surface area (Å²) in [6, 6.07) is 21.3. The fraction of sp³-hybridized carbons (Fsp3) is 0.0833. The van der Waals surface area contributed by atoms with Crippen LogP contribution in [-0.4, -0.2) is 21.1 Å². The van der Waals surface area contributed by atoms with E-state index >= 15 is 0 Å². The number of hydrogen-bond donors (Lipinski definition) is 2. The first-order valence-corrected chi connectivity index (χ1v) is 10.5. The number of aromatic amines is 1. The Morgan fingerprint density at radius 1 is 0.903 bits per heavy atom. The minimum atomic E-state index is -0.423. The third kappa shape index (κ3) is 5.00. The summed E-state index contributed by atoms with van der Waals surface area (Å²) in [6.07, 6.45) is 0. The molecular formula is C24H19F2N3OS. The number of thioether (sulfide) groups is 1. The topological polar surface area (TPSA) is 57.8 Å². The molecule has 4 rings (SSSR count). The molecule has 0 radical (unpaired) electrons. The van der Waals surface area contributed by atoms with Gasteiger partial charge >= 0.3 is 0 Å². The maximum Gasteiger partial charge on any atom is 0.237 e. The number of carbonyl (C=O) groups is 1. The van der Waals surface area contributed by atoms with E-state index in [1.807, 2.05) is 30.3 Å². The Hall–Kier alpha value is -3.45. The van der Waals surface area contributed by atoms with Crippen LogP contribution in [0.1, 0.15) is 6.92 Å². The molecule has 0 spiro atoms. The van der Waals surface area contributed by atoms with Crippen molar-refractivity contribution in [3.8, 4) is 22.5 Å². The van der Waals surface area contributed by atoms with Gasteiger partial charge in [-0.3, -0.25) is 4.79 Å². The van der Waals surface area contributed by atoms with Crippen LogP contribution in [0, 0.1) is 11.6 Å². The van der Waals surface area contributed by atoms with Gasteiger partial charge in [-0.05, 0) is 67.6 Å². The van der Waals surface area contributed by atoms with Crippen molar-refractivity contribution in [1.82, 2.24) is 9.97 Å². The summed E-state index contributed by atoms with van der Waals surface area (Å²) in [5.41, 5.74) is 3.44. The SMILES string of the molecule is CC(Sc1nc(-c2ccc(F)cc2)c(-c2ccc(F)cc2)[nH]1)C(=O)Nc1ccccc1. The second-order valence-corrected chi connectivity index (χ2v) is 8.22. The number of hydrogen-bond acceptors (Lipinski definition) is 3. The molecule has 3 aromatic carbocycles. The lowest BCUT2D eigenvalue weighted by Gasteiger charge is -2.10. The Kier molecular flexibility index (Phi) is 6.13. The van der Waals surface area contributed by atoms with Gasteiger partial charge in [0.05, 0.1) is 16.6 Å². The molecule has 2 N–H and O–H groups in total. The molecule has 1 aromatic heterocycles. The van der Waals surface area contributed by atoms with Gasteiger partial charge in [-0.25, -0.2) is 13.8 Å². The first-order valence-electron chi connectivity index (χ1n) is 9.64. The van der Waals surface area contributed by atoms with Crippen LogP contribution in [0.15, 0.2) is 84.0 Å². The van der Waals surface area contributed by atoms with Crippen molar-refractivity contribution in [2.24, 2.45) is 0 Å². The average Bonchev–Trinajstić information content (AvgIpc) is 3.19. The van der Waals surface area contributed by atoms with Crippen LogP contribution in [0.25, 0.3) is 22.5 Å². The lowest BCUT2D eigenvalue weighted by atomic mass is 10.1. The van der Waals surface area contributed by atoms with Gasteiger partial charge in [-0.2, -0.15) is 0 Å². The molecule has 31 heavy (non-hydrogen) atoms. The van der Waals surface area contributed by atoms with E-state index in [4.69, 9.17) is 0 Å². The summed E-state index contributed by atoms with van der Waals surface area (Å²) < 4.78 is 26.8. The van der Waals surface area contributed by atoms with E-state index in [2.05, 4.69) is 15.3 Å². The number of halogens is 2. The summed E-state index contributed by atoms with van der Waals surface area (Å²) in [7, 11) is 0. The number of imidazole rings is 1. The van der Waals surface area contributed by atoms with Gasteiger partial charge < -0.3 is 10.3 Å². The molecule has 0 aliphatic carbocycles. The lowest BCUT2D eigenvalue weighted by molar-refractivity contribution is -0.115. The predicted octanol–water partition coefficient (Wildman–Crippen LogP) is 6.14. The predicted molar refractivity (Wildman–Crippen MR) is 120 cm³/mol. The maximum atomic E-state index is 13.4. The largest absolute Gasteiger partial charge is 0.332 e. The number of anilines is 1. The van der Waals surface area contributed by atoms with Crippen LogP contribution in [0.3, 0.4) is 0 Å². The van der Waals surface area contributed by atoms with Crippen LogP contribution in [0.5, 0.6) is 0 Å². The first-order chi connectivity index (χ1) is 15.0. The zero-order valence-corrected chi connectivity index (χ0v) is 17.4. The highest BCUT2D eigenvalue weighted by molar-refractivity contribution is 8.00. The number of amides is 1. The summed E-state index contributed by atoms with van der Waals surface area (Å²) in [5.74, 6) is -0.838. The quantitative estimate of drug-likeness (QED) is 0.358. The fourth-order valence-corrected chi connectivity index (χ4v) is 3.84. The smallest absolute Gasteiger partial charge is 0.237 e. The zero-order chi connectivity index (χ0) is 21.8. The van der Waals surface area contributed by atoms with E-state index in [0.29, 0.717) is 22.1 Å². The zero-order valence-electron chi connectivity index (χ0n) is 16.6. The number of para-hydroxylation sites is 1. The van der Waals surface area contributed by atoms with Crippen molar-refractivity contribution in [2.45, 2.75) is 17.3 Å². The normalized spacial score (nSPS) is 11.8. The summed E-state index contributed by atoms with van der Waals surface area (Å²) in [5, 5.41) is 2.99. The lowest BCUT2D eigenvalue weighted by Crippen LogP contribution is -2.22. The molecular weight excluding hydrogens is 416 g/mol. The van der Waals surface area contributed by atoms with Crippen LogP contribution < -0.4 is 5.32 Å². The van der Waals surface area contributed by atoms with E-state index in [9.17, 15) is 13.6 Å². The van der Waals surface area contributed by atoms with E-state index in [0.717, 1.165) is 11.3 Å². The minimum absolute atomic E-state index is 0.153. The highest BCUT2D eigenvalue weighted by Gasteiger charge is 2.20. The van der Waals surface area contributed by atoms with Crippen LogP contribution in [-0.2, 0) is 4.79 Å². The third-order valence-corrected chi connectivity index (χ3v) is 5.62. The van der Waals surface area contributed by atoms with Crippen LogP contribution >= 0.6 is 11.8 Å². The molecule has 1 atom stereocenters. The van der Waals surface area contributed by atoms with Crippen molar-refractivity contribution < 1.29 is 13.6 Å². The molecule has 1 heterocycles. The number of benzene rings is 3. The van der Waals surface area contributed by atoms with Gasteiger partial charge in [0.25, 0.3) is 0 Å². The second kappa shape index (κ2) is 9.14. The summed E-state index contributed by atoms with van der Waals surface area (Å²) in [4.78, 5) is 20.5. The van der Waals surface area contributed by atoms with Gasteiger partial charge in [0.2, 0.25) is 5.91 Å². The Bertz CT molecular complexity index is 1110. The maximum absolute atomic E-state index is 13.4. The molecule has 7 heteroatoms. The van der Waals surface area contributed by atoms with Crippen molar-refractivity contribution in [2.75, 3.05) is 5.32 Å². The molecule has 0 aliphatic rings. The van der Waals surface area contributed by atoms with Gasteiger partial charge in [-0.1, -0.05) is 30.0 Å². The van der Waals surface area contributed by atoms with Crippen molar-refractivity contribution in [3.05, 3.63) is 90.5 Å². The monoisotopic (exact) mass is 435 g/mol. The number of H-pyrrole nitrogens is 1. The number of nitrogens with zero attached hydrogens (tertiary/aromatic N) is 1. The number of aromatic nitrogens is 2. The molecule has 0 saturated heterocycles. The molecule has 1 unspecified atom stereocenters. The summed E-state index contributed by atoms with van der Waals surface area (Å²) >= 11 is 1.27. The van der Waals surface area contributed by atoms with Crippen LogP contribution in [0.2, 0.25) is 0 Å². The molecule has 1 amide bonds. The van der Waals surface area contributed by atoms with Gasteiger partial charge in [0.15, 0.2) is 5.16 Å². The van der Waals surface area contributed by atoms with E-state index in [1.165, 1.54) is 36.0 Å². The highest BCUT2D eigenvalue weighted by atomic mass is 32.2. The minimum Gasteiger partial charge on any atom is -0.332 e. The Morgan fingerprint density at radius 3 is 2.10 bits per heavy atom. The molecule has 4 nitrogen and oxygen atoms in total. The number of nitrogens with one attached hydrogen (secondary N) is 2. The van der Waals surface area contributed by atoms with E-state index in [-0.39, 0.29) is 17.5 Å². The fourth-order valence-electron chi connectivity index (χ4n) is 3.04. The van der Waals surface area contributed by atoms with Crippen LogP contribution in [0.4, 0.5) is 14.5 Å². The number of carbonyl (C=O) groups excluding carboxylic acids is 1. The van der Waals surface area contributed by atoms with Crippen molar-refractivity contribution in [3.63, 3.8) is 0 Å². The molecule has 0 fully saturated rings. The standard InChI is InChI=1S/C24H19F2N3OS/c1-15(23(30)27-20-5-3-2-4-6-20)31-24-28-21(16-7-11-18(25)12-8-16)22(29-24)17-9-13-19(26)14-10-17/h2-15H,1H3,(H,27,30)(H,28,29). The van der Waals surface area contributed by atoms with Gasteiger partial charge in [-0.15, -0.1) is 0 Å². The molecule has 0 saturated carbocycles. The summed E-state index contributed by atoms with van der Waals surface area (Å²) in [6.45, 7) is 1.79.